The number of unbranched alkanes of at least 4 members (excludes halogenated alkanes) is 10. The number of fused-ring (bicyclic) bond motifs is 2. The normalized spacial score (nSPS) is 18.6. The molecule has 0 atom stereocenters. The Labute approximate surface area is 246 Å². The molecule has 0 heterocycles. The summed E-state index contributed by atoms with van der Waals surface area (Å²) >= 11 is 0. The van der Waals surface area contributed by atoms with Crippen LogP contribution in [0.2, 0.25) is 0 Å². The van der Waals surface area contributed by atoms with Crippen LogP contribution in [0.4, 0.5) is 0 Å². The molecule has 2 aliphatic rings. The van der Waals surface area contributed by atoms with E-state index in [0.717, 1.165) is 50.4 Å². The van der Waals surface area contributed by atoms with Crippen molar-refractivity contribution >= 4 is 11.1 Å². The van der Waals surface area contributed by atoms with Gasteiger partial charge in [-0.3, -0.25) is 0 Å². The molecular formula is C38H56O2. The molecule has 0 aromatic heterocycles. The van der Waals surface area contributed by atoms with Gasteiger partial charge >= 0.3 is 0 Å². The second-order valence-electron chi connectivity index (χ2n) is 13.7. The van der Waals surface area contributed by atoms with E-state index in [2.05, 4.69) is 77.9 Å². The molecule has 0 radical (unpaired) electrons. The van der Waals surface area contributed by atoms with Gasteiger partial charge in [-0.25, -0.2) is 0 Å². The number of ether oxygens (including phenoxy) is 2. The van der Waals surface area contributed by atoms with Crippen LogP contribution >= 0.6 is 0 Å². The summed E-state index contributed by atoms with van der Waals surface area (Å²) in [5.41, 5.74) is 8.93. The number of benzene rings is 2. The predicted molar refractivity (Wildman–Crippen MR) is 172 cm³/mol. The molecule has 0 saturated carbocycles. The van der Waals surface area contributed by atoms with Crippen molar-refractivity contribution in [3.63, 3.8) is 0 Å². The number of hydrogen-bond donors (Lipinski definition) is 0. The van der Waals surface area contributed by atoms with Crippen molar-refractivity contribution in [3.05, 3.63) is 58.7 Å². The molecule has 0 aliphatic heterocycles. The minimum Gasteiger partial charge on any atom is -0.494 e. The van der Waals surface area contributed by atoms with Crippen molar-refractivity contribution < 1.29 is 9.47 Å². The van der Waals surface area contributed by atoms with Crippen molar-refractivity contribution in [3.8, 4) is 11.5 Å². The molecule has 2 nitrogen and oxygen atoms in total. The third-order valence-electron chi connectivity index (χ3n) is 9.10. The van der Waals surface area contributed by atoms with Crippen LogP contribution in [0.1, 0.15) is 141 Å². The van der Waals surface area contributed by atoms with Crippen LogP contribution in [0.5, 0.6) is 11.5 Å². The summed E-state index contributed by atoms with van der Waals surface area (Å²) < 4.78 is 12.6. The Kier molecular flexibility index (Phi) is 10.8. The second kappa shape index (κ2) is 14.1. The van der Waals surface area contributed by atoms with Crippen molar-refractivity contribution in [1.29, 1.82) is 0 Å². The highest BCUT2D eigenvalue weighted by molar-refractivity contribution is 6.00. The van der Waals surface area contributed by atoms with E-state index in [1.165, 1.54) is 97.6 Å². The van der Waals surface area contributed by atoms with Crippen LogP contribution < -0.4 is 9.47 Å². The van der Waals surface area contributed by atoms with E-state index in [9.17, 15) is 0 Å². The molecule has 2 aliphatic carbocycles. The maximum absolute atomic E-state index is 6.30. The van der Waals surface area contributed by atoms with E-state index in [0.29, 0.717) is 0 Å². The SMILES string of the molecule is CCCCCCCCOc1ccc2c(c1)/C(=C1/c3cc(OCCCCCCCC)ccc3CC1(C)C)C(C)(C)C2. The van der Waals surface area contributed by atoms with E-state index >= 15 is 0 Å². The maximum Gasteiger partial charge on any atom is 0.119 e. The summed E-state index contributed by atoms with van der Waals surface area (Å²) in [6, 6.07) is 13.7. The van der Waals surface area contributed by atoms with Gasteiger partial charge in [0.25, 0.3) is 0 Å². The predicted octanol–water partition coefficient (Wildman–Crippen LogP) is 11.2. The summed E-state index contributed by atoms with van der Waals surface area (Å²) in [5.74, 6) is 2.05. The first-order valence-corrected chi connectivity index (χ1v) is 16.5. The first-order valence-electron chi connectivity index (χ1n) is 16.5. The fourth-order valence-corrected chi connectivity index (χ4v) is 7.01. The van der Waals surface area contributed by atoms with E-state index < -0.39 is 0 Å². The molecule has 0 bridgehead atoms. The first kappa shape index (κ1) is 30.7. The van der Waals surface area contributed by atoms with Crippen LogP contribution in [0, 0.1) is 10.8 Å². The quantitative estimate of drug-likeness (QED) is 0.196. The fraction of sp³-hybridized carbons (Fsp3) is 0.632. The van der Waals surface area contributed by atoms with E-state index in [1.54, 1.807) is 0 Å². The smallest absolute Gasteiger partial charge is 0.119 e. The molecule has 0 unspecified atom stereocenters. The minimum atomic E-state index is 0.0871. The van der Waals surface area contributed by atoms with Gasteiger partial charge in [-0.05, 0) is 94.2 Å². The van der Waals surface area contributed by atoms with E-state index in [-0.39, 0.29) is 10.8 Å². The lowest BCUT2D eigenvalue weighted by molar-refractivity contribution is 0.304. The number of allylic oxidation sites excluding steroid dienone is 2. The van der Waals surface area contributed by atoms with Gasteiger partial charge in [-0.1, -0.05) is 118 Å². The van der Waals surface area contributed by atoms with Crippen LogP contribution in [0.15, 0.2) is 36.4 Å². The second-order valence-corrected chi connectivity index (χ2v) is 13.7. The van der Waals surface area contributed by atoms with E-state index in [4.69, 9.17) is 9.47 Å². The van der Waals surface area contributed by atoms with Gasteiger partial charge in [0.05, 0.1) is 13.2 Å². The molecule has 0 saturated heterocycles. The molecular weight excluding hydrogens is 488 g/mol. The molecule has 220 valence electrons. The molecule has 4 rings (SSSR count). The highest BCUT2D eigenvalue weighted by atomic mass is 16.5. The molecule has 0 spiro atoms. The molecule has 0 amide bonds. The zero-order valence-corrected chi connectivity index (χ0v) is 26.6. The summed E-state index contributed by atoms with van der Waals surface area (Å²) in [6.07, 6.45) is 17.6. The Morgan fingerprint density at radius 2 is 0.900 bits per heavy atom. The number of hydrogen-bond acceptors (Lipinski definition) is 2. The third kappa shape index (κ3) is 7.54. The Hall–Kier alpha value is -2.22. The molecule has 0 fully saturated rings. The average Bonchev–Trinajstić information content (AvgIpc) is 3.33. The molecule has 40 heavy (non-hydrogen) atoms. The standard InChI is InChI=1S/C38H56O2/c1-7-9-11-13-15-17-23-39-31-21-19-29-27-37(3,4)35(33(29)25-31)36-34-26-32(22-20-30(34)28-38(36,5)6)40-24-18-16-14-12-10-8-2/h19-22,25-26H,7-18,23-24,27-28H2,1-6H3/b36-35+. The van der Waals surface area contributed by atoms with Crippen LogP contribution in [0.25, 0.3) is 11.1 Å². The van der Waals surface area contributed by atoms with Gasteiger partial charge in [0.15, 0.2) is 0 Å². The van der Waals surface area contributed by atoms with Crippen molar-refractivity contribution in [2.75, 3.05) is 13.2 Å². The molecule has 0 N–H and O–H groups in total. The Morgan fingerprint density at radius 3 is 1.30 bits per heavy atom. The summed E-state index contributed by atoms with van der Waals surface area (Å²) in [4.78, 5) is 0. The number of rotatable bonds is 16. The Balaban J connectivity index is 1.53. The van der Waals surface area contributed by atoms with Gasteiger partial charge in [-0.2, -0.15) is 0 Å². The highest BCUT2D eigenvalue weighted by Crippen LogP contribution is 2.58. The zero-order chi connectivity index (χ0) is 28.6. The van der Waals surface area contributed by atoms with Gasteiger partial charge in [0, 0.05) is 0 Å². The lowest BCUT2D eigenvalue weighted by Crippen LogP contribution is -2.17. The molecule has 2 aromatic carbocycles. The van der Waals surface area contributed by atoms with Gasteiger partial charge in [-0.15, -0.1) is 0 Å². The Morgan fingerprint density at radius 1 is 0.525 bits per heavy atom. The van der Waals surface area contributed by atoms with E-state index in [1.807, 2.05) is 0 Å². The lowest BCUT2D eigenvalue weighted by atomic mass is 9.74. The van der Waals surface area contributed by atoms with Crippen LogP contribution in [0.3, 0.4) is 0 Å². The fourth-order valence-electron chi connectivity index (χ4n) is 7.01. The topological polar surface area (TPSA) is 18.5 Å². The van der Waals surface area contributed by atoms with Gasteiger partial charge in [0.2, 0.25) is 0 Å². The largest absolute Gasteiger partial charge is 0.494 e. The van der Waals surface area contributed by atoms with Crippen molar-refractivity contribution in [1.82, 2.24) is 0 Å². The summed E-state index contributed by atoms with van der Waals surface area (Å²) in [5, 5.41) is 0. The van der Waals surface area contributed by atoms with Crippen LogP contribution in [-0.2, 0) is 12.8 Å². The minimum absolute atomic E-state index is 0.0871. The van der Waals surface area contributed by atoms with Crippen LogP contribution in [-0.4, -0.2) is 13.2 Å². The lowest BCUT2D eigenvalue weighted by Gasteiger charge is -2.30. The summed E-state index contributed by atoms with van der Waals surface area (Å²) in [6.45, 7) is 15.9. The Bertz CT molecular complexity index is 1050. The summed E-state index contributed by atoms with van der Waals surface area (Å²) in [7, 11) is 0. The van der Waals surface area contributed by atoms with Gasteiger partial charge in [0.1, 0.15) is 11.5 Å². The zero-order valence-electron chi connectivity index (χ0n) is 26.6. The molecule has 2 heteroatoms. The monoisotopic (exact) mass is 544 g/mol. The van der Waals surface area contributed by atoms with Gasteiger partial charge < -0.3 is 9.47 Å². The van der Waals surface area contributed by atoms with Crippen molar-refractivity contribution in [2.24, 2.45) is 10.8 Å². The molecule has 2 aromatic rings. The average molecular weight is 545 g/mol. The highest BCUT2D eigenvalue weighted by Gasteiger charge is 2.43. The maximum atomic E-state index is 6.30. The van der Waals surface area contributed by atoms with Crippen molar-refractivity contribution in [2.45, 2.75) is 131 Å². The third-order valence-corrected chi connectivity index (χ3v) is 9.10. The first-order chi connectivity index (χ1) is 19.3.